The van der Waals surface area contributed by atoms with Gasteiger partial charge in [-0.05, 0) is 36.3 Å². The molecule has 1 aliphatic heterocycles. The quantitative estimate of drug-likeness (QED) is 0.432. The molecule has 154 valence electrons. The second-order valence-electron chi connectivity index (χ2n) is 6.67. The van der Waals surface area contributed by atoms with E-state index in [0.717, 1.165) is 5.56 Å². The fourth-order valence-electron chi connectivity index (χ4n) is 3.27. The van der Waals surface area contributed by atoms with Crippen LogP contribution in [0.15, 0.2) is 54.9 Å². The molecule has 0 spiro atoms. The molecule has 7 heteroatoms. The van der Waals surface area contributed by atoms with E-state index >= 15 is 0 Å². The van der Waals surface area contributed by atoms with E-state index < -0.39 is 5.97 Å². The highest BCUT2D eigenvalue weighted by molar-refractivity contribution is 6.32. The van der Waals surface area contributed by atoms with E-state index in [2.05, 4.69) is 4.98 Å². The monoisotopic (exact) mass is 424 g/mol. The molecule has 0 aliphatic carbocycles. The maximum absolute atomic E-state index is 12.8. The van der Waals surface area contributed by atoms with Crippen LogP contribution in [0, 0.1) is 0 Å². The number of imidazole rings is 1. The maximum atomic E-state index is 12.8. The summed E-state index contributed by atoms with van der Waals surface area (Å²) < 4.78 is 18.4. The lowest BCUT2D eigenvalue weighted by Gasteiger charge is -2.20. The number of nitrogens with zero attached hydrogens (tertiary/aromatic N) is 2. The molecule has 0 N–H and O–H groups in total. The van der Waals surface area contributed by atoms with E-state index in [1.54, 1.807) is 31.3 Å². The Hall–Kier alpha value is -3.25. The van der Waals surface area contributed by atoms with Crippen LogP contribution in [0.25, 0.3) is 11.6 Å². The highest BCUT2D eigenvalue weighted by atomic mass is 35.5. The second-order valence-corrected chi connectivity index (χ2v) is 7.08. The summed E-state index contributed by atoms with van der Waals surface area (Å²) in [6, 6.07) is 13.5. The van der Waals surface area contributed by atoms with Gasteiger partial charge >= 0.3 is 5.97 Å². The first-order valence-electron chi connectivity index (χ1n) is 9.69. The smallest absolute Gasteiger partial charge is 0.341 e. The van der Waals surface area contributed by atoms with Gasteiger partial charge in [0.1, 0.15) is 24.6 Å². The molecule has 30 heavy (non-hydrogen) atoms. The minimum absolute atomic E-state index is 0.261. The molecule has 0 amide bonds. The van der Waals surface area contributed by atoms with Gasteiger partial charge in [0.15, 0.2) is 11.5 Å². The van der Waals surface area contributed by atoms with Gasteiger partial charge in [-0.2, -0.15) is 0 Å². The van der Waals surface area contributed by atoms with Gasteiger partial charge in [0.05, 0.1) is 11.6 Å². The van der Waals surface area contributed by atoms with Crippen LogP contribution in [0.4, 0.5) is 0 Å². The van der Waals surface area contributed by atoms with Gasteiger partial charge in [-0.15, -0.1) is 0 Å². The number of hydrogen-bond donors (Lipinski definition) is 0. The van der Waals surface area contributed by atoms with Crippen LogP contribution in [-0.2, 0) is 16.1 Å². The molecule has 0 bridgehead atoms. The van der Waals surface area contributed by atoms with Crippen molar-refractivity contribution in [2.75, 3.05) is 19.8 Å². The molecule has 2 aromatic carbocycles. The van der Waals surface area contributed by atoms with Gasteiger partial charge in [-0.1, -0.05) is 41.9 Å². The first-order valence-corrected chi connectivity index (χ1v) is 10.1. The zero-order valence-corrected chi connectivity index (χ0v) is 17.3. The molecule has 1 aliphatic rings. The third-order valence-corrected chi connectivity index (χ3v) is 4.86. The number of benzene rings is 2. The van der Waals surface area contributed by atoms with Crippen molar-refractivity contribution in [2.45, 2.75) is 13.5 Å². The van der Waals surface area contributed by atoms with Gasteiger partial charge < -0.3 is 18.8 Å². The van der Waals surface area contributed by atoms with Crippen LogP contribution in [0.5, 0.6) is 11.5 Å². The first-order chi connectivity index (χ1) is 14.7. The highest BCUT2D eigenvalue weighted by Crippen LogP contribution is 2.39. The summed E-state index contributed by atoms with van der Waals surface area (Å²) in [6.45, 7) is 3.51. The summed E-state index contributed by atoms with van der Waals surface area (Å²) in [5.74, 6) is 1.13. The molecule has 0 radical (unpaired) electrons. The van der Waals surface area contributed by atoms with Crippen molar-refractivity contribution in [1.82, 2.24) is 9.55 Å². The van der Waals surface area contributed by atoms with Crippen molar-refractivity contribution < 1.29 is 19.0 Å². The van der Waals surface area contributed by atoms with E-state index in [1.165, 1.54) is 0 Å². The Labute approximate surface area is 179 Å². The average Bonchev–Trinajstić information content (AvgIpc) is 3.20. The molecular formula is C23H21ClN2O4. The minimum atomic E-state index is -0.455. The molecule has 3 aromatic rings. The number of esters is 1. The molecule has 2 heterocycles. The van der Waals surface area contributed by atoms with E-state index in [4.69, 9.17) is 25.8 Å². The molecule has 0 saturated carbocycles. The van der Waals surface area contributed by atoms with Crippen LogP contribution in [-0.4, -0.2) is 35.3 Å². The van der Waals surface area contributed by atoms with Gasteiger partial charge in [0.25, 0.3) is 0 Å². The van der Waals surface area contributed by atoms with Crippen molar-refractivity contribution in [2.24, 2.45) is 0 Å². The maximum Gasteiger partial charge on any atom is 0.341 e. The van der Waals surface area contributed by atoms with Crippen molar-refractivity contribution >= 4 is 29.2 Å². The predicted molar refractivity (Wildman–Crippen MR) is 115 cm³/mol. The Balaban J connectivity index is 1.74. The Morgan fingerprint density at radius 3 is 2.83 bits per heavy atom. The van der Waals surface area contributed by atoms with Gasteiger partial charge in [-0.3, -0.25) is 0 Å². The highest BCUT2D eigenvalue weighted by Gasteiger charge is 2.21. The van der Waals surface area contributed by atoms with Crippen LogP contribution >= 0.6 is 11.6 Å². The van der Waals surface area contributed by atoms with Gasteiger partial charge in [0.2, 0.25) is 0 Å². The third-order valence-electron chi connectivity index (χ3n) is 4.58. The Bertz CT molecular complexity index is 1080. The van der Waals surface area contributed by atoms with Crippen molar-refractivity contribution in [3.63, 3.8) is 0 Å². The lowest BCUT2D eigenvalue weighted by molar-refractivity contribution is -0.136. The molecule has 1 aromatic heterocycles. The topological polar surface area (TPSA) is 62.6 Å². The molecule has 0 fully saturated rings. The van der Waals surface area contributed by atoms with E-state index in [-0.39, 0.29) is 6.61 Å². The fraction of sp³-hybridized carbons (Fsp3) is 0.217. The molecule has 6 nitrogen and oxygen atoms in total. The lowest BCUT2D eigenvalue weighted by Crippen LogP contribution is -2.16. The summed E-state index contributed by atoms with van der Waals surface area (Å²) in [6.07, 6.45) is 5.22. The molecule has 4 rings (SSSR count). The van der Waals surface area contributed by atoms with Crippen molar-refractivity contribution in [3.05, 3.63) is 76.8 Å². The number of rotatable bonds is 6. The standard InChI is InChI=1S/C23H21ClN2O4/c1-2-28-23(27)18(12-17-13-19(24)21-20(14-17)29-10-11-30-21)22-25-8-9-26(22)15-16-6-4-3-5-7-16/h3-9,12-14H,2,10-11,15H2,1H3. The molecule has 0 unspecified atom stereocenters. The minimum Gasteiger partial charge on any atom is -0.486 e. The van der Waals surface area contributed by atoms with Crippen LogP contribution in [0.1, 0.15) is 23.9 Å². The number of carbonyl (C=O) groups excluding carboxylic acids is 1. The summed E-state index contributed by atoms with van der Waals surface area (Å²) >= 11 is 6.36. The summed E-state index contributed by atoms with van der Waals surface area (Å²) in [7, 11) is 0. The second kappa shape index (κ2) is 9.05. The average molecular weight is 425 g/mol. The van der Waals surface area contributed by atoms with Crippen LogP contribution in [0.3, 0.4) is 0 Å². The predicted octanol–water partition coefficient (Wildman–Crippen LogP) is 4.46. The Kier molecular flexibility index (Phi) is 6.05. The largest absolute Gasteiger partial charge is 0.486 e. The fourth-order valence-corrected chi connectivity index (χ4v) is 3.54. The van der Waals surface area contributed by atoms with E-state index in [1.807, 2.05) is 41.1 Å². The zero-order chi connectivity index (χ0) is 20.9. The number of ether oxygens (including phenoxy) is 3. The van der Waals surface area contributed by atoms with E-state index in [9.17, 15) is 4.79 Å². The van der Waals surface area contributed by atoms with Crippen LogP contribution in [0.2, 0.25) is 5.02 Å². The number of carbonyl (C=O) groups is 1. The third kappa shape index (κ3) is 4.33. The molecular weight excluding hydrogens is 404 g/mol. The number of hydrogen-bond acceptors (Lipinski definition) is 5. The zero-order valence-electron chi connectivity index (χ0n) is 16.5. The van der Waals surface area contributed by atoms with Crippen molar-refractivity contribution in [3.8, 4) is 11.5 Å². The lowest BCUT2D eigenvalue weighted by atomic mass is 10.1. The van der Waals surface area contributed by atoms with Gasteiger partial charge in [0, 0.05) is 18.9 Å². The van der Waals surface area contributed by atoms with Crippen molar-refractivity contribution in [1.29, 1.82) is 0 Å². The Morgan fingerprint density at radius 1 is 1.23 bits per heavy atom. The molecule has 0 saturated heterocycles. The Morgan fingerprint density at radius 2 is 2.03 bits per heavy atom. The summed E-state index contributed by atoms with van der Waals surface area (Å²) in [5.41, 5.74) is 2.13. The van der Waals surface area contributed by atoms with Gasteiger partial charge in [-0.25, -0.2) is 9.78 Å². The van der Waals surface area contributed by atoms with Crippen LogP contribution < -0.4 is 9.47 Å². The number of fused-ring (bicyclic) bond motifs is 1. The number of aromatic nitrogens is 2. The first kappa shape index (κ1) is 20.0. The normalized spacial score (nSPS) is 13.2. The molecule has 0 atom stereocenters. The summed E-state index contributed by atoms with van der Waals surface area (Å²) in [5, 5.41) is 0.425. The SMILES string of the molecule is CCOC(=O)C(=Cc1cc(Cl)c2c(c1)OCCO2)c1nccn1Cc1ccccc1. The number of halogens is 1. The summed E-state index contributed by atoms with van der Waals surface area (Å²) in [4.78, 5) is 17.2. The van der Waals surface area contributed by atoms with E-state index in [0.29, 0.717) is 53.2 Å².